The van der Waals surface area contributed by atoms with Crippen LogP contribution in [0.2, 0.25) is 0 Å². The smallest absolute Gasteiger partial charge is 0.229 e. The Bertz CT molecular complexity index is 491. The zero-order valence-electron chi connectivity index (χ0n) is 12.2. The Morgan fingerprint density at radius 1 is 1.43 bits per heavy atom. The van der Waals surface area contributed by atoms with E-state index in [-0.39, 0.29) is 11.8 Å². The number of nitrogens with one attached hydrogen (secondary N) is 2. The molecular weight excluding hydrogens is 270 g/mol. The highest BCUT2D eigenvalue weighted by Crippen LogP contribution is 2.33. The van der Waals surface area contributed by atoms with Crippen LogP contribution >= 0.6 is 0 Å². The van der Waals surface area contributed by atoms with Crippen molar-refractivity contribution in [3.05, 3.63) is 18.3 Å². The topological polar surface area (TPSA) is 72.5 Å². The largest absolute Gasteiger partial charge is 0.475 e. The van der Waals surface area contributed by atoms with Crippen molar-refractivity contribution in [2.24, 2.45) is 5.92 Å². The molecule has 6 nitrogen and oxygen atoms in total. The van der Waals surface area contributed by atoms with Gasteiger partial charge in [0.25, 0.3) is 0 Å². The summed E-state index contributed by atoms with van der Waals surface area (Å²) in [7, 11) is 1.62. The predicted octanol–water partition coefficient (Wildman–Crippen LogP) is 1.19. The monoisotopic (exact) mass is 291 g/mol. The number of fused-ring (bicyclic) bond motifs is 2. The third kappa shape index (κ3) is 3.33. The zero-order valence-corrected chi connectivity index (χ0v) is 12.2. The van der Waals surface area contributed by atoms with Crippen LogP contribution in [0.25, 0.3) is 0 Å². The van der Waals surface area contributed by atoms with Gasteiger partial charge in [-0.25, -0.2) is 4.98 Å². The van der Waals surface area contributed by atoms with Crippen molar-refractivity contribution in [1.29, 1.82) is 0 Å². The third-order valence-electron chi connectivity index (χ3n) is 4.18. The summed E-state index contributed by atoms with van der Waals surface area (Å²) in [5.41, 5.74) is 0.710. The number of hydrogen-bond donors (Lipinski definition) is 2. The number of methoxy groups -OCH3 is 1. The summed E-state index contributed by atoms with van der Waals surface area (Å²) in [6, 6.07) is 4.44. The summed E-state index contributed by atoms with van der Waals surface area (Å²) in [4.78, 5) is 16.4. The minimum absolute atomic E-state index is 0.0846. The first-order chi connectivity index (χ1) is 10.3. The predicted molar refractivity (Wildman–Crippen MR) is 78.3 cm³/mol. The fourth-order valence-electron chi connectivity index (χ4n) is 3.12. The third-order valence-corrected chi connectivity index (χ3v) is 4.18. The van der Waals surface area contributed by atoms with E-state index in [1.807, 2.05) is 6.07 Å². The van der Waals surface area contributed by atoms with Crippen molar-refractivity contribution in [1.82, 2.24) is 10.3 Å². The average molecular weight is 291 g/mol. The number of hydrogen-bond acceptors (Lipinski definition) is 5. The molecular formula is C15H21N3O3. The Morgan fingerprint density at radius 2 is 2.33 bits per heavy atom. The molecule has 0 radical (unpaired) electrons. The summed E-state index contributed by atoms with van der Waals surface area (Å²) in [5.74, 6) is 0.706. The molecule has 2 N–H and O–H groups in total. The minimum Gasteiger partial charge on any atom is -0.475 e. The molecule has 3 heterocycles. The van der Waals surface area contributed by atoms with Gasteiger partial charge in [-0.2, -0.15) is 0 Å². The SMILES string of the molecule is COCCOc1ccc(NC(=O)C2CC3CCC2N3)cn1. The van der Waals surface area contributed by atoms with Crippen molar-refractivity contribution in [3.63, 3.8) is 0 Å². The highest BCUT2D eigenvalue weighted by atomic mass is 16.5. The van der Waals surface area contributed by atoms with Crippen LogP contribution in [-0.2, 0) is 9.53 Å². The molecule has 21 heavy (non-hydrogen) atoms. The summed E-state index contributed by atoms with van der Waals surface area (Å²) in [5, 5.41) is 6.42. The van der Waals surface area contributed by atoms with Crippen LogP contribution in [0, 0.1) is 5.92 Å². The van der Waals surface area contributed by atoms with E-state index in [4.69, 9.17) is 9.47 Å². The first-order valence-electron chi connectivity index (χ1n) is 7.41. The van der Waals surface area contributed by atoms with Crippen LogP contribution in [-0.4, -0.2) is 43.3 Å². The van der Waals surface area contributed by atoms with Crippen LogP contribution in [0.5, 0.6) is 5.88 Å². The number of anilines is 1. The van der Waals surface area contributed by atoms with Gasteiger partial charge >= 0.3 is 0 Å². The fraction of sp³-hybridized carbons (Fsp3) is 0.600. The van der Waals surface area contributed by atoms with Gasteiger partial charge in [0.2, 0.25) is 11.8 Å². The van der Waals surface area contributed by atoms with Gasteiger partial charge in [0.05, 0.1) is 24.4 Å². The first kappa shape index (κ1) is 14.3. The molecule has 2 aliphatic rings. The number of rotatable bonds is 6. The Balaban J connectivity index is 1.52. The molecule has 1 amide bonds. The van der Waals surface area contributed by atoms with E-state index >= 15 is 0 Å². The number of aromatic nitrogens is 1. The Kier molecular flexibility index (Phi) is 4.36. The average Bonchev–Trinajstić information content (AvgIpc) is 3.12. The minimum atomic E-state index is 0.0846. The van der Waals surface area contributed by atoms with Crippen molar-refractivity contribution in [2.75, 3.05) is 25.6 Å². The van der Waals surface area contributed by atoms with Crippen molar-refractivity contribution >= 4 is 11.6 Å². The molecule has 114 valence electrons. The van der Waals surface area contributed by atoms with Crippen LogP contribution in [0.3, 0.4) is 0 Å². The Morgan fingerprint density at radius 3 is 2.95 bits per heavy atom. The fourth-order valence-corrected chi connectivity index (χ4v) is 3.12. The van der Waals surface area contributed by atoms with Gasteiger partial charge in [-0.15, -0.1) is 0 Å². The van der Waals surface area contributed by atoms with Gasteiger partial charge in [0.15, 0.2) is 0 Å². The maximum absolute atomic E-state index is 12.3. The van der Waals surface area contributed by atoms with Crippen molar-refractivity contribution in [2.45, 2.75) is 31.3 Å². The lowest BCUT2D eigenvalue weighted by molar-refractivity contribution is -0.120. The number of nitrogens with zero attached hydrogens (tertiary/aromatic N) is 1. The Labute approximate surface area is 124 Å². The van der Waals surface area contributed by atoms with E-state index in [9.17, 15) is 4.79 Å². The van der Waals surface area contributed by atoms with Gasteiger partial charge < -0.3 is 20.1 Å². The molecule has 0 saturated carbocycles. The molecule has 0 spiro atoms. The first-order valence-corrected chi connectivity index (χ1v) is 7.41. The van der Waals surface area contributed by atoms with E-state index in [1.165, 1.54) is 6.42 Å². The van der Waals surface area contributed by atoms with Crippen LogP contribution in [0.15, 0.2) is 18.3 Å². The second-order valence-electron chi connectivity index (χ2n) is 5.61. The highest BCUT2D eigenvalue weighted by Gasteiger charge is 2.42. The molecule has 6 heteroatoms. The van der Waals surface area contributed by atoms with E-state index in [0.29, 0.717) is 36.9 Å². The van der Waals surface area contributed by atoms with Crippen LogP contribution < -0.4 is 15.4 Å². The van der Waals surface area contributed by atoms with Gasteiger partial charge in [-0.1, -0.05) is 0 Å². The number of pyridine rings is 1. The molecule has 2 aliphatic heterocycles. The quantitative estimate of drug-likeness (QED) is 0.770. The lowest BCUT2D eigenvalue weighted by atomic mass is 9.88. The number of ether oxygens (including phenoxy) is 2. The maximum atomic E-state index is 12.3. The lowest BCUT2D eigenvalue weighted by Crippen LogP contribution is -2.32. The van der Waals surface area contributed by atoms with Crippen molar-refractivity contribution < 1.29 is 14.3 Å². The van der Waals surface area contributed by atoms with E-state index < -0.39 is 0 Å². The van der Waals surface area contributed by atoms with Gasteiger partial charge in [0.1, 0.15) is 6.61 Å². The summed E-state index contributed by atoms with van der Waals surface area (Å²) >= 11 is 0. The summed E-state index contributed by atoms with van der Waals surface area (Å²) in [6.45, 7) is 0.990. The molecule has 2 fully saturated rings. The maximum Gasteiger partial charge on any atom is 0.229 e. The Hall–Kier alpha value is -1.66. The molecule has 1 aromatic rings. The van der Waals surface area contributed by atoms with Crippen molar-refractivity contribution in [3.8, 4) is 5.88 Å². The highest BCUT2D eigenvalue weighted by molar-refractivity contribution is 5.93. The summed E-state index contributed by atoms with van der Waals surface area (Å²) < 4.78 is 10.3. The second kappa shape index (κ2) is 6.41. The molecule has 0 aliphatic carbocycles. The number of amides is 1. The summed E-state index contributed by atoms with van der Waals surface area (Å²) in [6.07, 6.45) is 4.87. The van der Waals surface area contributed by atoms with E-state index in [1.54, 1.807) is 19.4 Å². The lowest BCUT2D eigenvalue weighted by Gasteiger charge is -2.19. The van der Waals surface area contributed by atoms with Gasteiger partial charge in [-0.3, -0.25) is 4.79 Å². The van der Waals surface area contributed by atoms with Crippen LogP contribution in [0.1, 0.15) is 19.3 Å². The molecule has 0 aromatic carbocycles. The molecule has 2 bridgehead atoms. The van der Waals surface area contributed by atoms with E-state index in [0.717, 1.165) is 12.8 Å². The normalized spacial score (nSPS) is 26.8. The molecule has 2 saturated heterocycles. The molecule has 3 unspecified atom stereocenters. The number of carbonyl (C=O) groups excluding carboxylic acids is 1. The van der Waals surface area contributed by atoms with Gasteiger partial charge in [0, 0.05) is 25.3 Å². The molecule has 3 atom stereocenters. The molecule has 3 rings (SSSR count). The van der Waals surface area contributed by atoms with Crippen LogP contribution in [0.4, 0.5) is 5.69 Å². The van der Waals surface area contributed by atoms with E-state index in [2.05, 4.69) is 15.6 Å². The molecule has 1 aromatic heterocycles. The van der Waals surface area contributed by atoms with Gasteiger partial charge in [-0.05, 0) is 25.3 Å². The second-order valence-corrected chi connectivity index (χ2v) is 5.61. The zero-order chi connectivity index (χ0) is 14.7. The standard InChI is InChI=1S/C15H21N3O3/c1-20-6-7-21-14-5-3-11(9-16-14)18-15(19)12-8-10-2-4-13(12)17-10/h3,5,9-10,12-13,17H,2,4,6-8H2,1H3,(H,18,19). The number of carbonyl (C=O) groups is 1.